The first-order valence-corrected chi connectivity index (χ1v) is 9.98. The SMILES string of the molecule is Nc1ccccc1C(=O)/C=C1/C(=O)NC(=S)N(c2ccc(Oc3ccccc3)cc2)C1=O. The summed E-state index contributed by atoms with van der Waals surface area (Å²) in [5.41, 5.74) is 6.35. The highest BCUT2D eigenvalue weighted by molar-refractivity contribution is 7.80. The number of para-hydroxylation sites is 2. The van der Waals surface area contributed by atoms with Gasteiger partial charge >= 0.3 is 0 Å². The number of nitrogen functional groups attached to an aromatic ring is 1. The summed E-state index contributed by atoms with van der Waals surface area (Å²) in [5, 5.41) is 2.37. The van der Waals surface area contributed by atoms with Crippen LogP contribution < -0.4 is 20.7 Å². The van der Waals surface area contributed by atoms with Crippen molar-refractivity contribution >= 4 is 46.3 Å². The van der Waals surface area contributed by atoms with E-state index in [2.05, 4.69) is 5.32 Å². The Balaban J connectivity index is 1.59. The minimum atomic E-state index is -0.747. The Kier molecular flexibility index (Phi) is 5.78. The van der Waals surface area contributed by atoms with E-state index in [1.165, 1.54) is 6.07 Å². The molecular formula is C24H17N3O4S. The number of allylic oxidation sites excluding steroid dienone is 1. The number of hydrogen-bond acceptors (Lipinski definition) is 6. The van der Waals surface area contributed by atoms with E-state index in [0.29, 0.717) is 17.2 Å². The van der Waals surface area contributed by atoms with Crippen LogP contribution in [0.25, 0.3) is 0 Å². The average Bonchev–Trinajstić information content (AvgIpc) is 2.78. The Morgan fingerprint density at radius 2 is 1.53 bits per heavy atom. The number of thiocarbonyl (C=S) groups is 1. The van der Waals surface area contributed by atoms with E-state index in [4.69, 9.17) is 22.7 Å². The quantitative estimate of drug-likeness (QED) is 0.205. The van der Waals surface area contributed by atoms with Crippen molar-refractivity contribution in [1.82, 2.24) is 5.32 Å². The molecule has 0 atom stereocenters. The maximum atomic E-state index is 13.1. The number of nitrogens with zero attached hydrogens (tertiary/aromatic N) is 1. The largest absolute Gasteiger partial charge is 0.457 e. The van der Waals surface area contributed by atoms with Crippen LogP contribution in [0.4, 0.5) is 11.4 Å². The number of rotatable bonds is 5. The molecule has 0 bridgehead atoms. The standard InChI is InChI=1S/C24H17N3O4S/c25-20-9-5-4-8-18(20)21(28)14-19-22(29)26-24(32)27(23(19)30)15-10-12-17(13-11-15)31-16-6-2-1-3-7-16/h1-14H,25H2,(H,26,29,32)/b19-14-. The van der Waals surface area contributed by atoms with Crippen molar-refractivity contribution in [1.29, 1.82) is 0 Å². The molecule has 8 heteroatoms. The molecule has 32 heavy (non-hydrogen) atoms. The molecule has 1 fully saturated rings. The molecule has 3 aromatic carbocycles. The van der Waals surface area contributed by atoms with Crippen LogP contribution in [-0.2, 0) is 9.59 Å². The number of amides is 2. The lowest BCUT2D eigenvalue weighted by Crippen LogP contribution is -2.54. The number of ether oxygens (including phenoxy) is 1. The third-order valence-electron chi connectivity index (χ3n) is 4.68. The number of hydrogen-bond donors (Lipinski definition) is 2. The highest BCUT2D eigenvalue weighted by Crippen LogP contribution is 2.26. The van der Waals surface area contributed by atoms with Crippen molar-refractivity contribution in [3.63, 3.8) is 0 Å². The Morgan fingerprint density at radius 1 is 0.906 bits per heavy atom. The molecule has 0 aromatic heterocycles. The summed E-state index contributed by atoms with van der Waals surface area (Å²) >= 11 is 5.19. The van der Waals surface area contributed by atoms with Gasteiger partial charge in [0.25, 0.3) is 11.8 Å². The zero-order chi connectivity index (χ0) is 22.7. The maximum absolute atomic E-state index is 13.1. The van der Waals surface area contributed by atoms with Gasteiger partial charge in [-0.05, 0) is 60.7 Å². The van der Waals surface area contributed by atoms with Crippen LogP contribution >= 0.6 is 12.2 Å². The lowest BCUT2D eigenvalue weighted by Gasteiger charge is -2.28. The number of nitrogens with one attached hydrogen (secondary N) is 1. The van der Waals surface area contributed by atoms with E-state index in [1.54, 1.807) is 42.5 Å². The summed E-state index contributed by atoms with van der Waals surface area (Å²) in [6.45, 7) is 0. The summed E-state index contributed by atoms with van der Waals surface area (Å²) in [4.78, 5) is 39.2. The summed E-state index contributed by atoms with van der Waals surface area (Å²) in [6, 6.07) is 22.3. The molecule has 0 radical (unpaired) electrons. The van der Waals surface area contributed by atoms with Crippen molar-refractivity contribution < 1.29 is 19.1 Å². The average molecular weight is 443 g/mol. The third kappa shape index (κ3) is 4.26. The van der Waals surface area contributed by atoms with Gasteiger partial charge in [-0.3, -0.25) is 24.6 Å². The van der Waals surface area contributed by atoms with Crippen molar-refractivity contribution in [3.8, 4) is 11.5 Å². The number of anilines is 2. The zero-order valence-electron chi connectivity index (χ0n) is 16.6. The van der Waals surface area contributed by atoms with E-state index >= 15 is 0 Å². The molecule has 0 unspecified atom stereocenters. The molecule has 1 saturated heterocycles. The van der Waals surface area contributed by atoms with Crippen LogP contribution in [-0.4, -0.2) is 22.7 Å². The predicted molar refractivity (Wildman–Crippen MR) is 124 cm³/mol. The second kappa shape index (κ2) is 8.83. The molecule has 1 heterocycles. The first-order chi connectivity index (χ1) is 15.4. The Bertz CT molecular complexity index is 1250. The molecule has 0 aliphatic carbocycles. The molecule has 158 valence electrons. The van der Waals surface area contributed by atoms with E-state index in [1.807, 2.05) is 30.3 Å². The number of nitrogens with two attached hydrogens (primary N) is 1. The van der Waals surface area contributed by atoms with Gasteiger partial charge in [0.05, 0.1) is 5.69 Å². The Labute approximate surface area is 189 Å². The Hall–Kier alpha value is -4.30. The van der Waals surface area contributed by atoms with Crippen LogP contribution in [0.3, 0.4) is 0 Å². The van der Waals surface area contributed by atoms with Gasteiger partial charge in [0.2, 0.25) is 0 Å². The molecule has 2 amide bonds. The van der Waals surface area contributed by atoms with Crippen molar-refractivity contribution in [2.45, 2.75) is 0 Å². The fraction of sp³-hybridized carbons (Fsp3) is 0. The number of benzene rings is 3. The van der Waals surface area contributed by atoms with Crippen LogP contribution in [0.1, 0.15) is 10.4 Å². The van der Waals surface area contributed by atoms with Crippen LogP contribution in [0.5, 0.6) is 11.5 Å². The van der Waals surface area contributed by atoms with Gasteiger partial charge in [-0.1, -0.05) is 30.3 Å². The van der Waals surface area contributed by atoms with Crippen LogP contribution in [0, 0.1) is 0 Å². The maximum Gasteiger partial charge on any atom is 0.270 e. The van der Waals surface area contributed by atoms with E-state index in [0.717, 1.165) is 11.0 Å². The monoisotopic (exact) mass is 443 g/mol. The van der Waals surface area contributed by atoms with Gasteiger partial charge < -0.3 is 10.5 Å². The molecule has 3 aromatic rings. The molecule has 3 N–H and O–H groups in total. The van der Waals surface area contributed by atoms with E-state index < -0.39 is 17.6 Å². The molecule has 7 nitrogen and oxygen atoms in total. The number of ketones is 1. The van der Waals surface area contributed by atoms with Gasteiger partial charge in [-0.25, -0.2) is 0 Å². The van der Waals surface area contributed by atoms with Gasteiger partial charge in [-0.15, -0.1) is 0 Å². The molecule has 4 rings (SSSR count). The van der Waals surface area contributed by atoms with Gasteiger partial charge in [-0.2, -0.15) is 0 Å². The first kappa shape index (κ1) is 21.0. The summed E-state index contributed by atoms with van der Waals surface area (Å²) < 4.78 is 5.75. The van der Waals surface area contributed by atoms with Gasteiger partial charge in [0.15, 0.2) is 10.9 Å². The fourth-order valence-corrected chi connectivity index (χ4v) is 3.39. The lowest BCUT2D eigenvalue weighted by molar-refractivity contribution is -0.122. The molecule has 0 saturated carbocycles. The minimum Gasteiger partial charge on any atom is -0.457 e. The summed E-state index contributed by atoms with van der Waals surface area (Å²) in [5.74, 6) is -0.784. The third-order valence-corrected chi connectivity index (χ3v) is 4.96. The smallest absolute Gasteiger partial charge is 0.270 e. The highest BCUT2D eigenvalue weighted by Gasteiger charge is 2.35. The van der Waals surface area contributed by atoms with E-state index in [9.17, 15) is 14.4 Å². The van der Waals surface area contributed by atoms with Crippen molar-refractivity contribution in [2.75, 3.05) is 10.6 Å². The molecule has 1 aliphatic heterocycles. The zero-order valence-corrected chi connectivity index (χ0v) is 17.5. The minimum absolute atomic E-state index is 0.0828. The molecule has 1 aliphatic rings. The Morgan fingerprint density at radius 3 is 2.22 bits per heavy atom. The number of carbonyl (C=O) groups excluding carboxylic acids is 3. The molecular weight excluding hydrogens is 426 g/mol. The fourth-order valence-electron chi connectivity index (χ4n) is 3.11. The van der Waals surface area contributed by atoms with Crippen LogP contribution in [0.2, 0.25) is 0 Å². The highest BCUT2D eigenvalue weighted by atomic mass is 32.1. The lowest BCUT2D eigenvalue weighted by atomic mass is 10.0. The summed E-state index contributed by atoms with van der Waals surface area (Å²) in [7, 11) is 0. The predicted octanol–water partition coefficient (Wildman–Crippen LogP) is 3.62. The summed E-state index contributed by atoms with van der Waals surface area (Å²) in [6.07, 6.45) is 0.977. The van der Waals surface area contributed by atoms with Crippen molar-refractivity contribution in [3.05, 3.63) is 96.1 Å². The van der Waals surface area contributed by atoms with Gasteiger partial charge in [0.1, 0.15) is 17.1 Å². The second-order valence-corrected chi connectivity index (χ2v) is 7.21. The number of carbonyl (C=O) groups is 3. The van der Waals surface area contributed by atoms with E-state index in [-0.39, 0.29) is 21.9 Å². The van der Waals surface area contributed by atoms with Crippen molar-refractivity contribution in [2.24, 2.45) is 0 Å². The second-order valence-electron chi connectivity index (χ2n) is 6.82. The normalized spacial score (nSPS) is 14.9. The van der Waals surface area contributed by atoms with Gasteiger partial charge in [0, 0.05) is 17.3 Å². The topological polar surface area (TPSA) is 102 Å². The first-order valence-electron chi connectivity index (χ1n) is 9.57. The molecule has 0 spiro atoms. The van der Waals surface area contributed by atoms with Crippen LogP contribution in [0.15, 0.2) is 90.5 Å².